The normalized spacial score (nSPS) is 14.5. The zero-order valence-corrected chi connectivity index (χ0v) is 25.8. The van der Waals surface area contributed by atoms with E-state index >= 15 is 0 Å². The van der Waals surface area contributed by atoms with E-state index in [0.717, 1.165) is 75.7 Å². The zero-order chi connectivity index (χ0) is 27.4. The van der Waals surface area contributed by atoms with Gasteiger partial charge in [-0.25, -0.2) is 4.98 Å². The lowest BCUT2D eigenvalue weighted by Gasteiger charge is -2.22. The molecule has 0 unspecified atom stereocenters. The second-order valence-corrected chi connectivity index (χ2v) is 18.5. The molecular weight excluding hydrogens is 523 g/mol. The predicted octanol–water partition coefficient (Wildman–Crippen LogP) is 7.33. The van der Waals surface area contributed by atoms with Crippen LogP contribution in [0.5, 0.6) is 0 Å². The standard InChI is InChI=1S/C29H41N7OSSi/c1-6-7-12-24-23(19-35(2)34-24)22-17-26-25(30-18-22)13-14-27(31-26)36(20-37-15-16-39(3,4)5)29-33-32-28(38-29)21-10-8-9-11-21/h13-14,17-19,21H,6-12,15-16,20H2,1-5H3. The predicted molar refractivity (Wildman–Crippen MR) is 163 cm³/mol. The number of pyridine rings is 2. The highest BCUT2D eigenvalue weighted by atomic mass is 32.1. The molecule has 4 aromatic rings. The Kier molecular flexibility index (Phi) is 8.73. The van der Waals surface area contributed by atoms with Gasteiger partial charge in [0, 0.05) is 51.2 Å². The maximum Gasteiger partial charge on any atom is 0.215 e. The molecule has 0 N–H and O–H groups in total. The van der Waals surface area contributed by atoms with Crippen molar-refractivity contribution in [3.05, 3.63) is 41.3 Å². The third kappa shape index (κ3) is 6.91. The Morgan fingerprint density at radius 1 is 1.13 bits per heavy atom. The number of rotatable bonds is 12. The van der Waals surface area contributed by atoms with E-state index in [9.17, 15) is 0 Å². The summed E-state index contributed by atoms with van der Waals surface area (Å²) in [7, 11) is 0.790. The molecule has 208 valence electrons. The van der Waals surface area contributed by atoms with Crippen LogP contribution in [-0.4, -0.2) is 51.4 Å². The Balaban J connectivity index is 1.45. The lowest BCUT2D eigenvalue weighted by Crippen LogP contribution is -2.26. The highest BCUT2D eigenvalue weighted by Crippen LogP contribution is 2.38. The maximum absolute atomic E-state index is 6.21. The van der Waals surface area contributed by atoms with E-state index in [1.165, 1.54) is 25.7 Å². The number of fused-ring (bicyclic) bond motifs is 1. The monoisotopic (exact) mass is 563 g/mol. The number of aryl methyl sites for hydroxylation is 2. The van der Waals surface area contributed by atoms with Gasteiger partial charge in [0.05, 0.1) is 16.7 Å². The number of unbranched alkanes of at least 4 members (excludes halogenated alkanes) is 1. The molecule has 1 fully saturated rings. The van der Waals surface area contributed by atoms with E-state index in [2.05, 4.69) is 53.9 Å². The lowest BCUT2D eigenvalue weighted by molar-refractivity contribution is 0.153. The van der Waals surface area contributed by atoms with Crippen molar-refractivity contribution in [3.63, 3.8) is 0 Å². The molecule has 5 rings (SSSR count). The molecule has 1 aliphatic carbocycles. The molecule has 0 aliphatic heterocycles. The Bertz CT molecular complexity index is 1390. The molecule has 0 spiro atoms. The average molecular weight is 564 g/mol. The van der Waals surface area contributed by atoms with E-state index in [1.807, 2.05) is 30.1 Å². The van der Waals surface area contributed by atoms with Crippen LogP contribution < -0.4 is 4.90 Å². The van der Waals surface area contributed by atoms with E-state index in [4.69, 9.17) is 19.8 Å². The van der Waals surface area contributed by atoms with Crippen molar-refractivity contribution >= 4 is 41.4 Å². The number of anilines is 2. The number of ether oxygens (including phenoxy) is 1. The molecule has 0 radical (unpaired) electrons. The molecule has 4 aromatic heterocycles. The molecule has 8 nitrogen and oxygen atoms in total. The Hall–Kier alpha value is -2.69. The van der Waals surface area contributed by atoms with Crippen molar-refractivity contribution in [2.45, 2.75) is 83.5 Å². The van der Waals surface area contributed by atoms with Crippen molar-refractivity contribution in [1.29, 1.82) is 0 Å². The first-order valence-corrected chi connectivity index (χ1v) is 18.8. The average Bonchev–Trinajstić information content (AvgIpc) is 3.67. The van der Waals surface area contributed by atoms with Crippen LogP contribution >= 0.6 is 11.3 Å². The SMILES string of the molecule is CCCCc1nn(C)cc1-c1cnc2ccc(N(COCC[Si](C)(C)C)c3nnc(C4CCCC4)s3)nc2c1. The Morgan fingerprint density at radius 2 is 1.95 bits per heavy atom. The third-order valence-corrected chi connectivity index (χ3v) is 10.2. The van der Waals surface area contributed by atoms with Crippen molar-refractivity contribution in [2.75, 3.05) is 18.2 Å². The largest absolute Gasteiger partial charge is 0.361 e. The van der Waals surface area contributed by atoms with E-state index in [1.54, 1.807) is 11.3 Å². The van der Waals surface area contributed by atoms with Crippen molar-refractivity contribution in [2.24, 2.45) is 7.05 Å². The zero-order valence-electron chi connectivity index (χ0n) is 24.0. The highest BCUT2D eigenvalue weighted by Gasteiger charge is 2.24. The van der Waals surface area contributed by atoms with E-state index < -0.39 is 8.07 Å². The van der Waals surface area contributed by atoms with Gasteiger partial charge < -0.3 is 4.74 Å². The molecule has 1 saturated carbocycles. The fourth-order valence-electron chi connectivity index (χ4n) is 5.02. The Labute approximate surface area is 236 Å². The van der Waals surface area contributed by atoms with Crippen molar-refractivity contribution in [1.82, 2.24) is 29.9 Å². The summed E-state index contributed by atoms with van der Waals surface area (Å²) in [4.78, 5) is 11.9. The summed E-state index contributed by atoms with van der Waals surface area (Å²) in [5, 5.41) is 15.9. The summed E-state index contributed by atoms with van der Waals surface area (Å²) in [5.41, 5.74) is 5.00. The third-order valence-electron chi connectivity index (χ3n) is 7.36. The number of hydrogen-bond donors (Lipinski definition) is 0. The Morgan fingerprint density at radius 3 is 2.72 bits per heavy atom. The molecule has 0 bridgehead atoms. The molecule has 4 heterocycles. The second kappa shape index (κ2) is 12.2. The minimum absolute atomic E-state index is 0.402. The molecule has 0 saturated heterocycles. The summed E-state index contributed by atoms with van der Waals surface area (Å²) < 4.78 is 8.10. The molecular formula is C29H41N7OSSi. The fraction of sp³-hybridized carbons (Fsp3) is 0.552. The van der Waals surface area contributed by atoms with Crippen LogP contribution in [0.25, 0.3) is 22.2 Å². The number of hydrogen-bond acceptors (Lipinski definition) is 8. The van der Waals surface area contributed by atoms with Crippen LogP contribution in [0.1, 0.15) is 62.1 Å². The summed E-state index contributed by atoms with van der Waals surface area (Å²) in [6.45, 7) is 10.5. The van der Waals surface area contributed by atoms with Gasteiger partial charge in [0.1, 0.15) is 17.6 Å². The van der Waals surface area contributed by atoms with Crippen LogP contribution in [0.3, 0.4) is 0 Å². The quantitative estimate of drug-likeness (QED) is 0.101. The first-order valence-electron chi connectivity index (χ1n) is 14.3. The summed E-state index contributed by atoms with van der Waals surface area (Å²) in [5.74, 6) is 1.34. The van der Waals surface area contributed by atoms with Gasteiger partial charge in [-0.05, 0) is 49.9 Å². The molecule has 0 aromatic carbocycles. The molecule has 39 heavy (non-hydrogen) atoms. The van der Waals surface area contributed by atoms with E-state index in [-0.39, 0.29) is 0 Å². The smallest absolute Gasteiger partial charge is 0.215 e. The van der Waals surface area contributed by atoms with Crippen LogP contribution in [-0.2, 0) is 18.2 Å². The number of nitrogens with zero attached hydrogens (tertiary/aromatic N) is 7. The van der Waals surface area contributed by atoms with Crippen LogP contribution in [0.2, 0.25) is 25.7 Å². The van der Waals surface area contributed by atoms with Crippen molar-refractivity contribution < 1.29 is 4.74 Å². The highest BCUT2D eigenvalue weighted by molar-refractivity contribution is 7.15. The summed E-state index contributed by atoms with van der Waals surface area (Å²) in [6.07, 6.45) is 12.2. The van der Waals surface area contributed by atoms with Crippen LogP contribution in [0.4, 0.5) is 10.9 Å². The minimum Gasteiger partial charge on any atom is -0.361 e. The van der Waals surface area contributed by atoms with Gasteiger partial charge in [-0.15, -0.1) is 10.2 Å². The molecule has 10 heteroatoms. The van der Waals surface area contributed by atoms with Gasteiger partial charge in [-0.3, -0.25) is 14.6 Å². The van der Waals surface area contributed by atoms with Gasteiger partial charge in [0.15, 0.2) is 0 Å². The maximum atomic E-state index is 6.21. The second-order valence-electron chi connectivity index (χ2n) is 11.9. The first-order chi connectivity index (χ1) is 18.8. The minimum atomic E-state index is -1.19. The fourth-order valence-corrected chi connectivity index (χ4v) is 6.79. The van der Waals surface area contributed by atoms with Gasteiger partial charge in [0.25, 0.3) is 0 Å². The van der Waals surface area contributed by atoms with Gasteiger partial charge in [-0.2, -0.15) is 5.10 Å². The molecule has 1 aliphatic rings. The van der Waals surface area contributed by atoms with Gasteiger partial charge in [0.2, 0.25) is 5.13 Å². The van der Waals surface area contributed by atoms with Gasteiger partial charge in [-0.1, -0.05) is 57.2 Å². The van der Waals surface area contributed by atoms with Gasteiger partial charge >= 0.3 is 0 Å². The summed E-state index contributed by atoms with van der Waals surface area (Å²) >= 11 is 1.68. The molecule has 0 amide bonds. The molecule has 0 atom stereocenters. The summed E-state index contributed by atoms with van der Waals surface area (Å²) in [6, 6.07) is 7.31. The first kappa shape index (κ1) is 27.9. The van der Waals surface area contributed by atoms with E-state index in [0.29, 0.717) is 12.6 Å². The van der Waals surface area contributed by atoms with Crippen molar-refractivity contribution in [3.8, 4) is 11.1 Å². The topological polar surface area (TPSA) is 81.9 Å². The van der Waals surface area contributed by atoms with Crippen LogP contribution in [0, 0.1) is 0 Å². The number of aromatic nitrogens is 6. The lowest BCUT2D eigenvalue weighted by atomic mass is 10.0. The van der Waals surface area contributed by atoms with Crippen LogP contribution in [0.15, 0.2) is 30.6 Å².